The Bertz CT molecular complexity index is 773. The van der Waals surface area contributed by atoms with Gasteiger partial charge in [-0.25, -0.2) is 0 Å². The van der Waals surface area contributed by atoms with Crippen LogP contribution in [0.4, 0.5) is 5.69 Å². The summed E-state index contributed by atoms with van der Waals surface area (Å²) < 4.78 is 10.6. The van der Waals surface area contributed by atoms with Crippen molar-refractivity contribution in [1.29, 1.82) is 0 Å². The van der Waals surface area contributed by atoms with Gasteiger partial charge in [0, 0.05) is 0 Å². The first-order valence-corrected chi connectivity index (χ1v) is 7.10. The molecule has 0 amide bonds. The summed E-state index contributed by atoms with van der Waals surface area (Å²) >= 11 is 6.09. The second-order valence-corrected chi connectivity index (χ2v) is 4.95. The second-order valence-electron chi connectivity index (χ2n) is 4.55. The summed E-state index contributed by atoms with van der Waals surface area (Å²) in [5.41, 5.74) is 1.61. The first-order chi connectivity index (χ1) is 10.8. The van der Waals surface area contributed by atoms with E-state index in [0.717, 1.165) is 11.3 Å². The van der Waals surface area contributed by atoms with Gasteiger partial charge in [0.15, 0.2) is 0 Å². The Morgan fingerprint density at radius 3 is 2.73 bits per heavy atom. The van der Waals surface area contributed by atoms with Crippen LogP contribution in [-0.2, 0) is 6.54 Å². The predicted octanol–water partition coefficient (Wildman–Crippen LogP) is 4.01. The Hall–Kier alpha value is -2.53. The lowest BCUT2D eigenvalue weighted by Gasteiger charge is -2.04. The number of benzene rings is 2. The van der Waals surface area contributed by atoms with Crippen molar-refractivity contribution in [2.24, 2.45) is 0 Å². The van der Waals surface area contributed by atoms with Crippen molar-refractivity contribution in [1.82, 2.24) is 10.1 Å². The van der Waals surface area contributed by atoms with Crippen LogP contribution in [0.5, 0.6) is 5.75 Å². The van der Waals surface area contributed by atoms with E-state index in [-0.39, 0.29) is 0 Å². The molecule has 0 atom stereocenters. The molecular formula is C16H14ClN3O2. The summed E-state index contributed by atoms with van der Waals surface area (Å²) in [5, 5.41) is 7.80. The zero-order chi connectivity index (χ0) is 15.4. The van der Waals surface area contributed by atoms with E-state index in [4.69, 9.17) is 20.9 Å². The fourth-order valence-corrected chi connectivity index (χ4v) is 2.24. The highest BCUT2D eigenvalue weighted by atomic mass is 35.5. The maximum atomic E-state index is 6.09. The van der Waals surface area contributed by atoms with Gasteiger partial charge in [0.25, 0.3) is 0 Å². The molecule has 2 aromatic carbocycles. The molecule has 112 valence electrons. The normalized spacial score (nSPS) is 10.5. The van der Waals surface area contributed by atoms with Crippen LogP contribution >= 0.6 is 11.6 Å². The molecule has 1 heterocycles. The molecule has 0 radical (unpaired) electrons. The average molecular weight is 316 g/mol. The average Bonchev–Trinajstić information content (AvgIpc) is 3.03. The lowest BCUT2D eigenvalue weighted by molar-refractivity contribution is 0.383. The van der Waals surface area contributed by atoms with Gasteiger partial charge in [-0.2, -0.15) is 4.98 Å². The van der Waals surface area contributed by atoms with E-state index >= 15 is 0 Å². The van der Waals surface area contributed by atoms with Gasteiger partial charge in [-0.3, -0.25) is 0 Å². The molecule has 3 rings (SSSR count). The van der Waals surface area contributed by atoms with E-state index in [1.165, 1.54) is 0 Å². The third-order valence-electron chi connectivity index (χ3n) is 3.12. The number of rotatable bonds is 5. The lowest BCUT2D eigenvalue weighted by Crippen LogP contribution is -2.00. The monoisotopic (exact) mass is 315 g/mol. The number of aromatic nitrogens is 2. The van der Waals surface area contributed by atoms with Gasteiger partial charge in [-0.15, -0.1) is 0 Å². The maximum absolute atomic E-state index is 6.09. The van der Waals surface area contributed by atoms with E-state index < -0.39 is 0 Å². The van der Waals surface area contributed by atoms with Crippen molar-refractivity contribution >= 4 is 17.3 Å². The number of anilines is 1. The number of para-hydroxylation sites is 2. The molecule has 0 aliphatic rings. The molecule has 22 heavy (non-hydrogen) atoms. The van der Waals surface area contributed by atoms with Gasteiger partial charge in [-0.1, -0.05) is 41.0 Å². The summed E-state index contributed by atoms with van der Waals surface area (Å²) in [6.07, 6.45) is 0. The molecular weight excluding hydrogens is 302 g/mol. The second kappa shape index (κ2) is 6.49. The van der Waals surface area contributed by atoms with E-state index in [9.17, 15) is 0 Å². The topological polar surface area (TPSA) is 60.2 Å². The van der Waals surface area contributed by atoms with Crippen molar-refractivity contribution in [3.63, 3.8) is 0 Å². The molecule has 0 fully saturated rings. The van der Waals surface area contributed by atoms with Crippen molar-refractivity contribution in [3.05, 3.63) is 59.4 Å². The zero-order valence-electron chi connectivity index (χ0n) is 11.9. The van der Waals surface area contributed by atoms with Crippen LogP contribution in [0.1, 0.15) is 5.89 Å². The largest absolute Gasteiger partial charge is 0.496 e. The van der Waals surface area contributed by atoms with Crippen LogP contribution in [0, 0.1) is 0 Å². The quantitative estimate of drug-likeness (QED) is 0.770. The summed E-state index contributed by atoms with van der Waals surface area (Å²) in [4.78, 5) is 4.37. The molecule has 1 aromatic heterocycles. The molecule has 0 unspecified atom stereocenters. The Morgan fingerprint density at radius 2 is 1.91 bits per heavy atom. The standard InChI is InChI=1S/C16H14ClN3O2/c1-21-14-9-5-2-6-11(14)16-19-15(22-20-16)10-18-13-8-4-3-7-12(13)17/h2-9,18H,10H2,1H3. The number of nitrogens with zero attached hydrogens (tertiary/aromatic N) is 2. The number of hydrogen-bond donors (Lipinski definition) is 1. The van der Waals surface area contributed by atoms with Gasteiger partial charge in [0.1, 0.15) is 5.75 Å². The van der Waals surface area contributed by atoms with Crippen LogP contribution in [0.15, 0.2) is 53.1 Å². The van der Waals surface area contributed by atoms with Crippen molar-refractivity contribution in [2.45, 2.75) is 6.54 Å². The third kappa shape index (κ3) is 3.04. The molecule has 5 nitrogen and oxygen atoms in total. The summed E-state index contributed by atoms with van der Waals surface area (Å²) in [6, 6.07) is 15.0. The first-order valence-electron chi connectivity index (χ1n) is 6.72. The zero-order valence-corrected chi connectivity index (χ0v) is 12.7. The van der Waals surface area contributed by atoms with Gasteiger partial charge in [0.05, 0.1) is 29.9 Å². The number of hydrogen-bond acceptors (Lipinski definition) is 5. The first kappa shape index (κ1) is 14.4. The van der Waals surface area contributed by atoms with Crippen molar-refractivity contribution in [2.75, 3.05) is 12.4 Å². The van der Waals surface area contributed by atoms with Crippen LogP contribution < -0.4 is 10.1 Å². The minimum atomic E-state index is 0.395. The highest BCUT2D eigenvalue weighted by Gasteiger charge is 2.12. The van der Waals surface area contributed by atoms with Crippen LogP contribution in [0.25, 0.3) is 11.4 Å². The highest BCUT2D eigenvalue weighted by Crippen LogP contribution is 2.27. The fourth-order valence-electron chi connectivity index (χ4n) is 2.04. The molecule has 0 aliphatic heterocycles. The number of methoxy groups -OCH3 is 1. The molecule has 0 bridgehead atoms. The number of halogens is 1. The van der Waals surface area contributed by atoms with Crippen molar-refractivity contribution in [3.8, 4) is 17.1 Å². The van der Waals surface area contributed by atoms with Gasteiger partial charge in [0.2, 0.25) is 11.7 Å². The SMILES string of the molecule is COc1ccccc1-c1noc(CNc2ccccc2Cl)n1. The molecule has 0 aliphatic carbocycles. The third-order valence-corrected chi connectivity index (χ3v) is 3.45. The Labute approximate surface area is 132 Å². The van der Waals surface area contributed by atoms with E-state index in [0.29, 0.717) is 29.0 Å². The molecule has 0 saturated heterocycles. The van der Waals surface area contributed by atoms with Crippen molar-refractivity contribution < 1.29 is 9.26 Å². The molecule has 1 N–H and O–H groups in total. The minimum absolute atomic E-state index is 0.395. The van der Waals surface area contributed by atoms with E-state index in [2.05, 4.69) is 15.5 Å². The summed E-state index contributed by atoms with van der Waals surface area (Å²) in [6.45, 7) is 0.395. The molecule has 6 heteroatoms. The minimum Gasteiger partial charge on any atom is -0.496 e. The highest BCUT2D eigenvalue weighted by molar-refractivity contribution is 6.33. The van der Waals surface area contributed by atoms with Gasteiger partial charge in [-0.05, 0) is 24.3 Å². The maximum Gasteiger partial charge on any atom is 0.246 e. The Kier molecular flexibility index (Phi) is 4.25. The number of nitrogens with one attached hydrogen (secondary N) is 1. The van der Waals surface area contributed by atoms with Crippen LogP contribution in [0.2, 0.25) is 5.02 Å². The molecule has 0 spiro atoms. The number of ether oxygens (including phenoxy) is 1. The fraction of sp³-hybridized carbons (Fsp3) is 0.125. The van der Waals surface area contributed by atoms with Crippen LogP contribution in [-0.4, -0.2) is 17.3 Å². The predicted molar refractivity (Wildman–Crippen MR) is 85.1 cm³/mol. The van der Waals surface area contributed by atoms with E-state index in [1.807, 2.05) is 48.5 Å². The summed E-state index contributed by atoms with van der Waals surface area (Å²) in [7, 11) is 1.61. The van der Waals surface area contributed by atoms with E-state index in [1.54, 1.807) is 7.11 Å². The lowest BCUT2D eigenvalue weighted by atomic mass is 10.2. The Balaban J connectivity index is 1.75. The Morgan fingerprint density at radius 1 is 1.14 bits per heavy atom. The van der Waals surface area contributed by atoms with Crippen LogP contribution in [0.3, 0.4) is 0 Å². The molecule has 3 aromatic rings. The summed E-state index contributed by atoms with van der Waals surface area (Å²) in [5.74, 6) is 1.67. The van der Waals surface area contributed by atoms with Gasteiger partial charge >= 0.3 is 0 Å². The molecule has 0 saturated carbocycles. The van der Waals surface area contributed by atoms with Gasteiger partial charge < -0.3 is 14.6 Å². The smallest absolute Gasteiger partial charge is 0.246 e.